The first-order valence-electron chi connectivity index (χ1n) is 7.88. The van der Waals surface area contributed by atoms with Crippen LogP contribution in [-0.4, -0.2) is 56.1 Å². The highest BCUT2D eigenvalue weighted by Gasteiger charge is 2.15. The minimum Gasteiger partial charge on any atom is -0.313 e. The predicted octanol–water partition coefficient (Wildman–Crippen LogP) is 2.19. The number of rotatable bonds is 7. The maximum atomic E-state index is 3.70. The first-order valence-corrected chi connectivity index (χ1v) is 7.88. The Morgan fingerprint density at radius 3 is 2.85 bits per heavy atom. The van der Waals surface area contributed by atoms with Crippen molar-refractivity contribution in [1.29, 1.82) is 0 Å². The largest absolute Gasteiger partial charge is 0.313 e. The number of benzene rings is 1. The molecule has 1 N–H and O–H groups in total. The summed E-state index contributed by atoms with van der Waals surface area (Å²) >= 11 is 0. The minimum absolute atomic E-state index is 0.702. The van der Waals surface area contributed by atoms with Crippen molar-refractivity contribution >= 4 is 0 Å². The van der Waals surface area contributed by atoms with Gasteiger partial charge >= 0.3 is 0 Å². The monoisotopic (exact) mass is 275 g/mol. The average Bonchev–Trinajstić information content (AvgIpc) is 2.45. The summed E-state index contributed by atoms with van der Waals surface area (Å²) < 4.78 is 0. The molecule has 0 radical (unpaired) electrons. The molecule has 0 spiro atoms. The summed E-state index contributed by atoms with van der Waals surface area (Å²) in [6, 6.07) is 11.4. The van der Waals surface area contributed by atoms with Crippen LogP contribution >= 0.6 is 0 Å². The maximum Gasteiger partial charge on any atom is 0.0230 e. The summed E-state index contributed by atoms with van der Waals surface area (Å²) in [4.78, 5) is 4.84. The van der Waals surface area contributed by atoms with E-state index in [0.717, 1.165) is 19.6 Å². The smallest absolute Gasteiger partial charge is 0.0230 e. The Hall–Kier alpha value is -0.900. The molecule has 3 nitrogen and oxygen atoms in total. The molecule has 1 aliphatic rings. The van der Waals surface area contributed by atoms with Gasteiger partial charge in [0.2, 0.25) is 0 Å². The van der Waals surface area contributed by atoms with Gasteiger partial charge in [-0.3, -0.25) is 0 Å². The molecule has 0 aromatic heterocycles. The molecule has 0 bridgehead atoms. The predicted molar refractivity (Wildman–Crippen MR) is 85.9 cm³/mol. The third-order valence-electron chi connectivity index (χ3n) is 4.07. The second kappa shape index (κ2) is 8.40. The van der Waals surface area contributed by atoms with Gasteiger partial charge in [-0.05, 0) is 58.6 Å². The fraction of sp³-hybridized carbons (Fsp3) is 0.647. The van der Waals surface area contributed by atoms with Crippen LogP contribution in [0.4, 0.5) is 0 Å². The number of hydrogen-bond acceptors (Lipinski definition) is 3. The molecule has 1 fully saturated rings. The molecular formula is C17H29N3. The molecule has 1 saturated heterocycles. The fourth-order valence-electron chi connectivity index (χ4n) is 2.96. The molecule has 1 aromatic rings. The van der Waals surface area contributed by atoms with E-state index in [0.29, 0.717) is 6.04 Å². The van der Waals surface area contributed by atoms with E-state index in [2.05, 4.69) is 59.5 Å². The van der Waals surface area contributed by atoms with Crippen LogP contribution in [0.5, 0.6) is 0 Å². The Balaban J connectivity index is 1.56. The van der Waals surface area contributed by atoms with Crippen LogP contribution in [-0.2, 0) is 6.54 Å². The van der Waals surface area contributed by atoms with Gasteiger partial charge in [0.05, 0.1) is 0 Å². The van der Waals surface area contributed by atoms with Crippen molar-refractivity contribution in [2.75, 3.05) is 40.3 Å². The zero-order chi connectivity index (χ0) is 14.2. The normalized spacial score (nSPS) is 20.4. The van der Waals surface area contributed by atoms with Crippen LogP contribution in [0.25, 0.3) is 0 Å². The van der Waals surface area contributed by atoms with Crippen molar-refractivity contribution in [3.63, 3.8) is 0 Å². The lowest BCUT2D eigenvalue weighted by atomic mass is 10.1. The van der Waals surface area contributed by atoms with Gasteiger partial charge in [0.1, 0.15) is 0 Å². The minimum atomic E-state index is 0.702. The second-order valence-corrected chi connectivity index (χ2v) is 6.13. The molecule has 0 amide bonds. The highest BCUT2D eigenvalue weighted by molar-refractivity contribution is 5.14. The van der Waals surface area contributed by atoms with Crippen molar-refractivity contribution in [3.05, 3.63) is 35.9 Å². The molecule has 112 valence electrons. The molecule has 1 atom stereocenters. The summed E-state index contributed by atoms with van der Waals surface area (Å²) in [5.41, 5.74) is 1.40. The summed E-state index contributed by atoms with van der Waals surface area (Å²) in [5, 5.41) is 3.70. The van der Waals surface area contributed by atoms with E-state index in [4.69, 9.17) is 0 Å². The zero-order valence-electron chi connectivity index (χ0n) is 13.0. The lowest BCUT2D eigenvalue weighted by Gasteiger charge is -2.30. The molecule has 0 saturated carbocycles. The summed E-state index contributed by atoms with van der Waals surface area (Å²) in [5.74, 6) is 0. The van der Waals surface area contributed by atoms with Gasteiger partial charge in [0.15, 0.2) is 0 Å². The van der Waals surface area contributed by atoms with Gasteiger partial charge in [-0.25, -0.2) is 0 Å². The van der Waals surface area contributed by atoms with Crippen molar-refractivity contribution in [1.82, 2.24) is 15.1 Å². The van der Waals surface area contributed by atoms with Crippen LogP contribution in [0.15, 0.2) is 30.3 Å². The highest BCUT2D eigenvalue weighted by Crippen LogP contribution is 2.08. The molecule has 3 heteroatoms. The summed E-state index contributed by atoms with van der Waals surface area (Å²) in [6.45, 7) is 5.81. The van der Waals surface area contributed by atoms with Gasteiger partial charge in [-0.1, -0.05) is 30.3 Å². The number of nitrogens with one attached hydrogen (secondary N) is 1. The molecular weight excluding hydrogens is 246 g/mol. The number of piperidine rings is 1. The van der Waals surface area contributed by atoms with E-state index in [1.165, 1.54) is 37.9 Å². The fourth-order valence-corrected chi connectivity index (χ4v) is 2.96. The first-order chi connectivity index (χ1) is 9.74. The van der Waals surface area contributed by atoms with Crippen LogP contribution < -0.4 is 5.32 Å². The lowest BCUT2D eigenvalue weighted by Crippen LogP contribution is -2.44. The molecule has 2 rings (SSSR count). The molecule has 1 unspecified atom stereocenters. The number of hydrogen-bond donors (Lipinski definition) is 1. The Kier molecular flexibility index (Phi) is 6.51. The topological polar surface area (TPSA) is 18.5 Å². The average molecular weight is 275 g/mol. The van der Waals surface area contributed by atoms with E-state index in [9.17, 15) is 0 Å². The van der Waals surface area contributed by atoms with E-state index in [-0.39, 0.29) is 0 Å². The van der Waals surface area contributed by atoms with Crippen LogP contribution in [0, 0.1) is 0 Å². The molecule has 0 aliphatic carbocycles. The lowest BCUT2D eigenvalue weighted by molar-refractivity contribution is 0.224. The Bertz CT molecular complexity index is 366. The standard InChI is InChI=1S/C17H29N3/c1-19(14-16-8-4-3-5-9-16)13-7-11-18-17-10-6-12-20(2)15-17/h3-5,8-9,17-18H,6-7,10-15H2,1-2H3. The third kappa shape index (κ3) is 5.61. The van der Waals surface area contributed by atoms with Crippen molar-refractivity contribution in [2.24, 2.45) is 0 Å². The van der Waals surface area contributed by atoms with Gasteiger partial charge in [0, 0.05) is 19.1 Å². The number of nitrogens with zero attached hydrogens (tertiary/aromatic N) is 2. The Morgan fingerprint density at radius 2 is 2.10 bits per heavy atom. The van der Waals surface area contributed by atoms with Gasteiger partial charge in [0.25, 0.3) is 0 Å². The van der Waals surface area contributed by atoms with Crippen LogP contribution in [0.3, 0.4) is 0 Å². The highest BCUT2D eigenvalue weighted by atomic mass is 15.1. The van der Waals surface area contributed by atoms with Crippen molar-refractivity contribution in [3.8, 4) is 0 Å². The van der Waals surface area contributed by atoms with Crippen LogP contribution in [0.1, 0.15) is 24.8 Å². The van der Waals surface area contributed by atoms with E-state index >= 15 is 0 Å². The third-order valence-corrected chi connectivity index (χ3v) is 4.07. The van der Waals surface area contributed by atoms with E-state index in [1.807, 2.05) is 0 Å². The second-order valence-electron chi connectivity index (χ2n) is 6.13. The first kappa shape index (κ1) is 15.5. The van der Waals surface area contributed by atoms with Gasteiger partial charge in [-0.15, -0.1) is 0 Å². The van der Waals surface area contributed by atoms with Gasteiger partial charge in [-0.2, -0.15) is 0 Å². The van der Waals surface area contributed by atoms with E-state index < -0.39 is 0 Å². The van der Waals surface area contributed by atoms with E-state index in [1.54, 1.807) is 0 Å². The molecule has 1 heterocycles. The number of likely N-dealkylation sites (N-methyl/N-ethyl adjacent to an activating group) is 1. The Morgan fingerprint density at radius 1 is 1.30 bits per heavy atom. The van der Waals surface area contributed by atoms with Crippen LogP contribution in [0.2, 0.25) is 0 Å². The van der Waals surface area contributed by atoms with Crippen molar-refractivity contribution in [2.45, 2.75) is 31.8 Å². The summed E-state index contributed by atoms with van der Waals surface area (Å²) in [6.07, 6.45) is 3.90. The van der Waals surface area contributed by atoms with Gasteiger partial charge < -0.3 is 15.1 Å². The quantitative estimate of drug-likeness (QED) is 0.770. The maximum absolute atomic E-state index is 3.70. The zero-order valence-corrected chi connectivity index (χ0v) is 13.0. The Labute approximate surface area is 124 Å². The number of likely N-dealkylation sites (tertiary alicyclic amines) is 1. The van der Waals surface area contributed by atoms with Crippen molar-refractivity contribution < 1.29 is 0 Å². The SMILES string of the molecule is CN(CCCNC1CCCN(C)C1)Cc1ccccc1. The molecule has 1 aliphatic heterocycles. The molecule has 20 heavy (non-hydrogen) atoms. The summed E-state index contributed by atoms with van der Waals surface area (Å²) in [7, 11) is 4.43. The molecule has 1 aromatic carbocycles.